The molecule has 0 fully saturated rings. The van der Waals surface area contributed by atoms with E-state index in [-0.39, 0.29) is 5.41 Å². The molecule has 144 valence electrons. The molecular weight excluding hydrogens is 364 g/mol. The van der Waals surface area contributed by atoms with Crippen LogP contribution >= 0.6 is 11.6 Å². The Morgan fingerprint density at radius 1 is 0.929 bits per heavy atom. The molecule has 3 aromatic rings. The molecule has 28 heavy (non-hydrogen) atoms. The van der Waals surface area contributed by atoms with Crippen molar-refractivity contribution in [3.63, 3.8) is 0 Å². The summed E-state index contributed by atoms with van der Waals surface area (Å²) >= 11 is 6.07. The van der Waals surface area contributed by atoms with E-state index in [1.54, 1.807) is 0 Å². The van der Waals surface area contributed by atoms with Gasteiger partial charge in [0.2, 0.25) is 0 Å². The van der Waals surface area contributed by atoms with Crippen molar-refractivity contribution in [2.45, 2.75) is 38.0 Å². The Bertz CT molecular complexity index is 886. The lowest BCUT2D eigenvalue weighted by molar-refractivity contribution is 0.456. The lowest BCUT2D eigenvalue weighted by Crippen LogP contribution is -2.22. The zero-order valence-electron chi connectivity index (χ0n) is 16.4. The lowest BCUT2D eigenvalue weighted by Gasteiger charge is -2.30. The Hall–Kier alpha value is -2.51. The quantitative estimate of drug-likeness (QED) is 0.336. The number of para-hydroxylation sites is 1. The minimum Gasteiger partial charge on any atom is -0.457 e. The number of aryl methyl sites for hydroxylation is 1. The standard InChI is InChI=1S/C26H27ClO/c1-3-26(4-2,22-15-17-23(27)18-16-22)19-9-11-21-10-8-14-25(20-21)28-24-12-6-5-7-13-24/h3,5-8,10,12-18,20H,1,4,9,11,19H2,2H3. The highest BCUT2D eigenvalue weighted by Gasteiger charge is 2.26. The maximum Gasteiger partial charge on any atom is 0.127 e. The van der Waals surface area contributed by atoms with E-state index in [9.17, 15) is 0 Å². The van der Waals surface area contributed by atoms with Gasteiger partial charge in [-0.2, -0.15) is 0 Å². The molecule has 3 rings (SSSR count). The molecule has 0 aliphatic heterocycles. The Morgan fingerprint density at radius 2 is 1.64 bits per heavy atom. The maximum absolute atomic E-state index is 6.07. The highest BCUT2D eigenvalue weighted by Crippen LogP contribution is 2.35. The van der Waals surface area contributed by atoms with Crippen LogP contribution in [-0.4, -0.2) is 0 Å². The summed E-state index contributed by atoms with van der Waals surface area (Å²) in [5, 5.41) is 0.771. The van der Waals surface area contributed by atoms with E-state index in [0.29, 0.717) is 0 Å². The summed E-state index contributed by atoms with van der Waals surface area (Å²) in [6.45, 7) is 6.36. The highest BCUT2D eigenvalue weighted by atomic mass is 35.5. The van der Waals surface area contributed by atoms with E-state index >= 15 is 0 Å². The zero-order chi connectivity index (χ0) is 19.8. The molecule has 0 spiro atoms. The molecule has 1 nitrogen and oxygen atoms in total. The van der Waals surface area contributed by atoms with Gasteiger partial charge in [-0.05, 0) is 73.2 Å². The summed E-state index contributed by atoms with van der Waals surface area (Å²) in [5.74, 6) is 1.74. The number of allylic oxidation sites excluding steroid dienone is 1. The van der Waals surface area contributed by atoms with Crippen LogP contribution in [0.2, 0.25) is 5.02 Å². The number of rotatable bonds is 9. The first-order valence-electron chi connectivity index (χ1n) is 9.87. The molecule has 0 saturated heterocycles. The van der Waals surface area contributed by atoms with Gasteiger partial charge < -0.3 is 4.74 Å². The molecule has 3 aromatic carbocycles. The van der Waals surface area contributed by atoms with Gasteiger partial charge in [-0.1, -0.05) is 67.1 Å². The van der Waals surface area contributed by atoms with E-state index in [0.717, 1.165) is 42.2 Å². The average Bonchev–Trinajstić information content (AvgIpc) is 2.73. The van der Waals surface area contributed by atoms with Gasteiger partial charge in [0, 0.05) is 10.4 Å². The number of benzene rings is 3. The maximum atomic E-state index is 6.07. The molecule has 0 heterocycles. The van der Waals surface area contributed by atoms with Crippen LogP contribution < -0.4 is 4.74 Å². The molecule has 0 saturated carbocycles. The van der Waals surface area contributed by atoms with Gasteiger partial charge >= 0.3 is 0 Å². The monoisotopic (exact) mass is 390 g/mol. The van der Waals surface area contributed by atoms with Crippen molar-refractivity contribution in [3.8, 4) is 11.5 Å². The second-order valence-corrected chi connectivity index (χ2v) is 7.57. The predicted molar refractivity (Wildman–Crippen MR) is 120 cm³/mol. The van der Waals surface area contributed by atoms with Gasteiger partial charge in [0.05, 0.1) is 0 Å². The molecule has 0 bridgehead atoms. The molecule has 0 aromatic heterocycles. The molecule has 0 amide bonds. The number of ether oxygens (including phenoxy) is 1. The fourth-order valence-electron chi connectivity index (χ4n) is 3.67. The molecule has 0 aliphatic carbocycles. The van der Waals surface area contributed by atoms with Gasteiger partial charge in [0.25, 0.3) is 0 Å². The van der Waals surface area contributed by atoms with Gasteiger partial charge in [-0.3, -0.25) is 0 Å². The van der Waals surface area contributed by atoms with Crippen molar-refractivity contribution in [3.05, 3.63) is 108 Å². The second kappa shape index (κ2) is 9.61. The van der Waals surface area contributed by atoms with Crippen LogP contribution in [0.15, 0.2) is 91.5 Å². The Labute approximate surface area is 173 Å². The fraction of sp³-hybridized carbons (Fsp3) is 0.231. The van der Waals surface area contributed by atoms with Crippen molar-refractivity contribution in [2.75, 3.05) is 0 Å². The van der Waals surface area contributed by atoms with Gasteiger partial charge in [-0.25, -0.2) is 0 Å². The number of hydrogen-bond donors (Lipinski definition) is 0. The van der Waals surface area contributed by atoms with Gasteiger partial charge in [0.1, 0.15) is 11.5 Å². The van der Waals surface area contributed by atoms with E-state index in [1.165, 1.54) is 11.1 Å². The summed E-state index contributed by atoms with van der Waals surface area (Å²) in [4.78, 5) is 0. The first-order chi connectivity index (χ1) is 13.6. The number of halogens is 1. The SMILES string of the molecule is C=CC(CC)(CCCc1cccc(Oc2ccccc2)c1)c1ccc(Cl)cc1. The van der Waals surface area contributed by atoms with Gasteiger partial charge in [0.15, 0.2) is 0 Å². The highest BCUT2D eigenvalue weighted by molar-refractivity contribution is 6.30. The molecule has 0 N–H and O–H groups in total. The van der Waals surface area contributed by atoms with Crippen molar-refractivity contribution >= 4 is 11.6 Å². The third kappa shape index (κ3) is 5.05. The van der Waals surface area contributed by atoms with Crippen molar-refractivity contribution in [2.24, 2.45) is 0 Å². The van der Waals surface area contributed by atoms with Crippen LogP contribution in [0.25, 0.3) is 0 Å². The van der Waals surface area contributed by atoms with Crippen molar-refractivity contribution in [1.29, 1.82) is 0 Å². The smallest absolute Gasteiger partial charge is 0.127 e. The van der Waals surface area contributed by atoms with Crippen LogP contribution in [0.1, 0.15) is 37.3 Å². The van der Waals surface area contributed by atoms with E-state index < -0.39 is 0 Å². The average molecular weight is 391 g/mol. The molecule has 0 aliphatic rings. The summed E-state index contributed by atoms with van der Waals surface area (Å²) in [6, 6.07) is 26.5. The summed E-state index contributed by atoms with van der Waals surface area (Å²) in [6.07, 6.45) is 6.27. The van der Waals surface area contributed by atoms with Crippen LogP contribution in [0.5, 0.6) is 11.5 Å². The first-order valence-corrected chi connectivity index (χ1v) is 10.2. The van der Waals surface area contributed by atoms with E-state index in [4.69, 9.17) is 16.3 Å². The van der Waals surface area contributed by atoms with Crippen molar-refractivity contribution in [1.82, 2.24) is 0 Å². The van der Waals surface area contributed by atoms with E-state index in [2.05, 4.69) is 49.9 Å². The predicted octanol–water partition coefficient (Wildman–Crippen LogP) is 7.99. The lowest BCUT2D eigenvalue weighted by atomic mass is 9.74. The Balaban J connectivity index is 1.65. The third-order valence-corrected chi connectivity index (χ3v) is 5.66. The first kappa shape index (κ1) is 20.2. The molecule has 0 radical (unpaired) electrons. The number of hydrogen-bond acceptors (Lipinski definition) is 1. The molecule has 1 atom stereocenters. The minimum atomic E-state index is -0.0112. The fourth-order valence-corrected chi connectivity index (χ4v) is 3.79. The van der Waals surface area contributed by atoms with Crippen molar-refractivity contribution < 1.29 is 4.74 Å². The zero-order valence-corrected chi connectivity index (χ0v) is 17.2. The molecule has 2 heteroatoms. The minimum absolute atomic E-state index is 0.0112. The van der Waals surface area contributed by atoms with Crippen LogP contribution in [-0.2, 0) is 11.8 Å². The third-order valence-electron chi connectivity index (χ3n) is 5.41. The second-order valence-electron chi connectivity index (χ2n) is 7.14. The van der Waals surface area contributed by atoms with Crippen LogP contribution in [0, 0.1) is 0 Å². The Kier molecular flexibility index (Phi) is 6.95. The van der Waals surface area contributed by atoms with Crippen LogP contribution in [0.4, 0.5) is 0 Å². The normalized spacial score (nSPS) is 12.9. The topological polar surface area (TPSA) is 9.23 Å². The summed E-state index contributed by atoms with van der Waals surface area (Å²) < 4.78 is 5.96. The van der Waals surface area contributed by atoms with Crippen LogP contribution in [0.3, 0.4) is 0 Å². The molecule has 1 unspecified atom stereocenters. The Morgan fingerprint density at radius 3 is 2.32 bits per heavy atom. The molecular formula is C26H27ClO. The summed E-state index contributed by atoms with van der Waals surface area (Å²) in [5.41, 5.74) is 2.57. The summed E-state index contributed by atoms with van der Waals surface area (Å²) in [7, 11) is 0. The largest absolute Gasteiger partial charge is 0.457 e. The van der Waals surface area contributed by atoms with Gasteiger partial charge in [-0.15, -0.1) is 6.58 Å². The van der Waals surface area contributed by atoms with E-state index in [1.807, 2.05) is 48.5 Å².